The Balaban J connectivity index is 1.55. The third-order valence-corrected chi connectivity index (χ3v) is 3.89. The van der Waals surface area contributed by atoms with Crippen LogP contribution in [0.4, 0.5) is 5.69 Å². The largest absolute Gasteiger partial charge is 0.463 e. The highest BCUT2D eigenvalue weighted by Crippen LogP contribution is 2.16. The van der Waals surface area contributed by atoms with Gasteiger partial charge in [0.1, 0.15) is 6.61 Å². The van der Waals surface area contributed by atoms with Gasteiger partial charge in [-0.3, -0.25) is 9.78 Å². The number of carbonyl (C=O) groups is 1. The number of halogens is 1. The van der Waals surface area contributed by atoms with Gasteiger partial charge < -0.3 is 15.8 Å². The number of rotatable bonds is 5. The molecule has 124 valence electrons. The van der Waals surface area contributed by atoms with E-state index in [4.69, 9.17) is 22.1 Å². The lowest BCUT2D eigenvalue weighted by atomic mass is 10.1. The van der Waals surface area contributed by atoms with Crippen LogP contribution in [0.5, 0.6) is 0 Å². The molecule has 1 aliphatic heterocycles. The zero-order valence-electron chi connectivity index (χ0n) is 12.9. The Hall–Kier alpha value is -2.60. The second-order valence-electron chi connectivity index (χ2n) is 5.51. The molecule has 1 aliphatic rings. The van der Waals surface area contributed by atoms with Gasteiger partial charge in [-0.2, -0.15) is 0 Å². The van der Waals surface area contributed by atoms with Crippen molar-refractivity contribution in [2.45, 2.75) is 18.9 Å². The summed E-state index contributed by atoms with van der Waals surface area (Å²) in [4.78, 5) is 20.2. The standard InChI is InChI=1S/C17H17ClN4O2/c18-13-7-12(8-20-9-13)16(23)21-14-4-1-11(2-5-14)3-6-15-10-24-17(19)22-15/h1-2,4-5,7-9,15H,3,6,10H2,(H2,19,22)(H,21,23)/t15-/m0/s1. The molecule has 1 aromatic carbocycles. The van der Waals surface area contributed by atoms with Crippen LogP contribution < -0.4 is 11.1 Å². The number of hydrogen-bond donors (Lipinski definition) is 2. The normalized spacial score (nSPS) is 16.4. The number of carbonyl (C=O) groups excluding carboxylic acids is 1. The molecular formula is C17H17ClN4O2. The van der Waals surface area contributed by atoms with Gasteiger partial charge in [0.25, 0.3) is 11.9 Å². The maximum atomic E-state index is 12.1. The molecule has 3 N–H and O–H groups in total. The molecule has 24 heavy (non-hydrogen) atoms. The number of hydrogen-bond acceptors (Lipinski definition) is 5. The number of nitrogens with one attached hydrogen (secondary N) is 1. The molecule has 0 radical (unpaired) electrons. The monoisotopic (exact) mass is 344 g/mol. The Morgan fingerprint density at radius 1 is 1.33 bits per heavy atom. The second kappa shape index (κ2) is 7.31. The van der Waals surface area contributed by atoms with Crippen molar-refractivity contribution in [3.8, 4) is 0 Å². The SMILES string of the molecule is NC1=N[C@@H](CCc2ccc(NC(=O)c3cncc(Cl)c3)cc2)CO1. The fraction of sp³-hybridized carbons (Fsp3) is 0.235. The average molecular weight is 345 g/mol. The summed E-state index contributed by atoms with van der Waals surface area (Å²) in [6, 6.07) is 9.67. The molecule has 1 amide bonds. The minimum Gasteiger partial charge on any atom is -0.463 e. The number of pyridine rings is 1. The van der Waals surface area contributed by atoms with Crippen LogP contribution in [0.1, 0.15) is 22.3 Å². The number of aromatic nitrogens is 1. The topological polar surface area (TPSA) is 89.6 Å². The summed E-state index contributed by atoms with van der Waals surface area (Å²) in [5.41, 5.74) is 7.79. The summed E-state index contributed by atoms with van der Waals surface area (Å²) in [6.07, 6.45) is 4.71. The molecule has 0 saturated carbocycles. The first kappa shape index (κ1) is 16.3. The highest BCUT2D eigenvalue weighted by Gasteiger charge is 2.16. The molecule has 0 fully saturated rings. The molecule has 0 saturated heterocycles. The third kappa shape index (κ3) is 4.23. The van der Waals surface area contributed by atoms with Gasteiger partial charge in [-0.25, -0.2) is 4.99 Å². The quantitative estimate of drug-likeness (QED) is 0.872. The van der Waals surface area contributed by atoms with Crippen molar-refractivity contribution in [1.29, 1.82) is 0 Å². The third-order valence-electron chi connectivity index (χ3n) is 3.68. The zero-order valence-corrected chi connectivity index (χ0v) is 13.7. The summed E-state index contributed by atoms with van der Waals surface area (Å²) >= 11 is 5.84. The number of aryl methyl sites for hydroxylation is 1. The van der Waals surface area contributed by atoms with Crippen molar-refractivity contribution in [3.63, 3.8) is 0 Å². The van der Waals surface area contributed by atoms with Crippen molar-refractivity contribution in [2.24, 2.45) is 10.7 Å². The first-order valence-corrected chi connectivity index (χ1v) is 7.95. The lowest BCUT2D eigenvalue weighted by Gasteiger charge is -2.08. The summed E-state index contributed by atoms with van der Waals surface area (Å²) < 4.78 is 5.13. The zero-order chi connectivity index (χ0) is 16.9. The van der Waals surface area contributed by atoms with Crippen molar-refractivity contribution in [3.05, 3.63) is 58.9 Å². The molecule has 0 aliphatic carbocycles. The maximum absolute atomic E-state index is 12.1. The van der Waals surface area contributed by atoms with E-state index in [1.165, 1.54) is 12.4 Å². The van der Waals surface area contributed by atoms with E-state index in [0.717, 1.165) is 24.1 Å². The van der Waals surface area contributed by atoms with Crippen molar-refractivity contribution < 1.29 is 9.53 Å². The van der Waals surface area contributed by atoms with E-state index in [1.54, 1.807) is 6.07 Å². The van der Waals surface area contributed by atoms with E-state index in [9.17, 15) is 4.79 Å². The van der Waals surface area contributed by atoms with Crippen molar-refractivity contribution in [2.75, 3.05) is 11.9 Å². The molecular weight excluding hydrogens is 328 g/mol. The Bertz CT molecular complexity index is 761. The van der Waals surface area contributed by atoms with Gasteiger partial charge in [0.15, 0.2) is 0 Å². The van der Waals surface area contributed by atoms with Crippen LogP contribution >= 0.6 is 11.6 Å². The Morgan fingerprint density at radius 2 is 2.12 bits per heavy atom. The molecule has 1 aromatic heterocycles. The van der Waals surface area contributed by atoms with E-state index >= 15 is 0 Å². The maximum Gasteiger partial charge on any atom is 0.282 e. The lowest BCUT2D eigenvalue weighted by molar-refractivity contribution is 0.102. The number of benzene rings is 1. The average Bonchev–Trinajstić information content (AvgIpc) is 3.00. The summed E-state index contributed by atoms with van der Waals surface area (Å²) in [5.74, 6) is -0.245. The van der Waals surface area contributed by atoms with E-state index in [0.29, 0.717) is 17.2 Å². The molecule has 0 spiro atoms. The van der Waals surface area contributed by atoms with Crippen LogP contribution in [0.3, 0.4) is 0 Å². The fourth-order valence-electron chi connectivity index (χ4n) is 2.41. The number of anilines is 1. The molecule has 2 aromatic rings. The molecule has 0 unspecified atom stereocenters. The van der Waals surface area contributed by atoms with Crippen molar-refractivity contribution >= 4 is 29.2 Å². The van der Waals surface area contributed by atoms with Gasteiger partial charge in [0.05, 0.1) is 16.6 Å². The van der Waals surface area contributed by atoms with Gasteiger partial charge in [0, 0.05) is 18.1 Å². The molecule has 7 heteroatoms. The van der Waals surface area contributed by atoms with Gasteiger partial charge in [-0.05, 0) is 36.6 Å². The predicted octanol–water partition coefficient (Wildman–Crippen LogP) is 2.63. The number of nitrogens with zero attached hydrogens (tertiary/aromatic N) is 2. The van der Waals surface area contributed by atoms with Gasteiger partial charge in [-0.15, -0.1) is 0 Å². The Morgan fingerprint density at radius 3 is 2.79 bits per heavy atom. The summed E-state index contributed by atoms with van der Waals surface area (Å²) in [6.45, 7) is 0.549. The Labute approximate surface area is 144 Å². The molecule has 6 nitrogen and oxygen atoms in total. The van der Waals surface area contributed by atoms with Crippen LogP contribution in [-0.2, 0) is 11.2 Å². The van der Waals surface area contributed by atoms with Crippen LogP contribution in [0.25, 0.3) is 0 Å². The highest BCUT2D eigenvalue weighted by atomic mass is 35.5. The van der Waals surface area contributed by atoms with Crippen molar-refractivity contribution in [1.82, 2.24) is 4.98 Å². The minimum atomic E-state index is -0.245. The fourth-order valence-corrected chi connectivity index (χ4v) is 2.59. The second-order valence-corrected chi connectivity index (χ2v) is 5.95. The van der Waals surface area contributed by atoms with Crippen LogP contribution in [-0.4, -0.2) is 29.6 Å². The Kier molecular flexibility index (Phi) is 4.96. The summed E-state index contributed by atoms with van der Waals surface area (Å²) in [5, 5.41) is 3.25. The number of nitrogens with two attached hydrogens (primary N) is 1. The van der Waals surface area contributed by atoms with Gasteiger partial charge >= 0.3 is 0 Å². The first-order chi connectivity index (χ1) is 11.6. The molecule has 2 heterocycles. The predicted molar refractivity (Wildman–Crippen MR) is 93.3 cm³/mol. The van der Waals surface area contributed by atoms with Gasteiger partial charge in [0.2, 0.25) is 0 Å². The number of aliphatic imine (C=N–C) groups is 1. The first-order valence-electron chi connectivity index (χ1n) is 7.57. The van der Waals surface area contributed by atoms with Gasteiger partial charge in [-0.1, -0.05) is 23.7 Å². The van der Waals surface area contributed by atoms with Crippen LogP contribution in [0.15, 0.2) is 47.7 Å². The van der Waals surface area contributed by atoms with E-state index in [-0.39, 0.29) is 18.0 Å². The lowest BCUT2D eigenvalue weighted by Crippen LogP contribution is -2.12. The number of ether oxygens (including phenoxy) is 1. The van der Waals surface area contributed by atoms with E-state index in [2.05, 4.69) is 15.3 Å². The number of amidine groups is 1. The molecule has 0 bridgehead atoms. The summed E-state index contributed by atoms with van der Waals surface area (Å²) in [7, 11) is 0. The number of amides is 1. The smallest absolute Gasteiger partial charge is 0.282 e. The minimum absolute atomic E-state index is 0.125. The van der Waals surface area contributed by atoms with Crippen LogP contribution in [0.2, 0.25) is 5.02 Å². The van der Waals surface area contributed by atoms with Crippen LogP contribution in [0, 0.1) is 0 Å². The highest BCUT2D eigenvalue weighted by molar-refractivity contribution is 6.30. The van der Waals surface area contributed by atoms with E-state index < -0.39 is 0 Å². The molecule has 1 atom stereocenters. The molecule has 3 rings (SSSR count). The van der Waals surface area contributed by atoms with E-state index in [1.807, 2.05) is 24.3 Å².